The molecule has 2 rings (SSSR count). The highest BCUT2D eigenvalue weighted by atomic mass is 19.4. The van der Waals surface area contributed by atoms with Gasteiger partial charge >= 0.3 is 12.1 Å². The van der Waals surface area contributed by atoms with Crippen LogP contribution in [0.2, 0.25) is 0 Å². The lowest BCUT2D eigenvalue weighted by atomic mass is 9.95. The molecule has 1 saturated heterocycles. The number of piperidine rings is 1. The summed E-state index contributed by atoms with van der Waals surface area (Å²) in [4.78, 5) is 12.6. The predicted octanol–water partition coefficient (Wildman–Crippen LogP) is 2.12. The van der Waals surface area contributed by atoms with E-state index in [4.69, 9.17) is 5.11 Å². The Balaban J connectivity index is 2.02. The van der Waals surface area contributed by atoms with Crippen LogP contribution >= 0.6 is 0 Å². The largest absolute Gasteiger partial charge is 0.480 e. The summed E-state index contributed by atoms with van der Waals surface area (Å²) >= 11 is 0. The second-order valence-electron chi connectivity index (χ2n) is 5.00. The van der Waals surface area contributed by atoms with E-state index in [1.165, 1.54) is 4.90 Å². The van der Waals surface area contributed by atoms with Crippen LogP contribution in [0.25, 0.3) is 0 Å². The van der Waals surface area contributed by atoms with Crippen molar-refractivity contribution < 1.29 is 23.1 Å². The molecule has 17 heavy (non-hydrogen) atoms. The van der Waals surface area contributed by atoms with Gasteiger partial charge in [0.2, 0.25) is 0 Å². The van der Waals surface area contributed by atoms with Crippen LogP contribution in [0.5, 0.6) is 0 Å². The Bertz CT molecular complexity index is 302. The molecule has 2 atom stereocenters. The quantitative estimate of drug-likeness (QED) is 0.835. The molecule has 98 valence electrons. The van der Waals surface area contributed by atoms with Gasteiger partial charge in [0, 0.05) is 6.54 Å². The third kappa shape index (κ3) is 2.91. The molecule has 2 unspecified atom stereocenters. The number of hydrogen-bond acceptors (Lipinski definition) is 2. The van der Waals surface area contributed by atoms with Gasteiger partial charge in [-0.05, 0) is 38.1 Å². The Kier molecular flexibility index (Phi) is 3.34. The molecule has 1 aliphatic carbocycles. The minimum Gasteiger partial charge on any atom is -0.480 e. The van der Waals surface area contributed by atoms with Gasteiger partial charge in [-0.15, -0.1) is 0 Å². The smallest absolute Gasteiger partial charge is 0.393 e. The van der Waals surface area contributed by atoms with Crippen LogP contribution in [0.15, 0.2) is 0 Å². The molecule has 2 fully saturated rings. The fourth-order valence-electron chi connectivity index (χ4n) is 2.59. The van der Waals surface area contributed by atoms with Crippen LogP contribution in [0.1, 0.15) is 25.7 Å². The Hall–Kier alpha value is -0.780. The maximum Gasteiger partial charge on any atom is 0.393 e. The van der Waals surface area contributed by atoms with Gasteiger partial charge in [-0.25, -0.2) is 0 Å². The van der Waals surface area contributed by atoms with E-state index in [-0.39, 0.29) is 18.9 Å². The summed E-state index contributed by atoms with van der Waals surface area (Å²) < 4.78 is 37.9. The average Bonchev–Trinajstić information content (AvgIpc) is 3.01. The summed E-state index contributed by atoms with van der Waals surface area (Å²) in [7, 11) is 0. The molecule has 0 aromatic rings. The zero-order valence-electron chi connectivity index (χ0n) is 9.41. The maximum atomic E-state index is 12.6. The predicted molar refractivity (Wildman–Crippen MR) is 54.5 cm³/mol. The molecule has 1 saturated carbocycles. The number of hydrogen-bond donors (Lipinski definition) is 1. The molecule has 0 aromatic carbocycles. The van der Waals surface area contributed by atoms with Crippen LogP contribution < -0.4 is 0 Å². The zero-order chi connectivity index (χ0) is 12.6. The van der Waals surface area contributed by atoms with Crippen LogP contribution in [0, 0.1) is 11.8 Å². The summed E-state index contributed by atoms with van der Waals surface area (Å²) in [5, 5.41) is 9.10. The van der Waals surface area contributed by atoms with Gasteiger partial charge in [-0.1, -0.05) is 0 Å². The summed E-state index contributed by atoms with van der Waals surface area (Å²) in [5.74, 6) is -2.29. The minimum absolute atomic E-state index is 0.0551. The highest BCUT2D eigenvalue weighted by Crippen LogP contribution is 2.39. The third-order valence-corrected chi connectivity index (χ3v) is 3.63. The molecule has 3 nitrogen and oxygen atoms in total. The molecule has 2 aliphatic rings. The number of halogens is 3. The summed E-state index contributed by atoms with van der Waals surface area (Å²) in [6.07, 6.45) is -2.00. The van der Waals surface area contributed by atoms with Gasteiger partial charge < -0.3 is 5.11 Å². The molecule has 0 spiro atoms. The van der Waals surface area contributed by atoms with Crippen molar-refractivity contribution in [2.75, 3.05) is 13.1 Å². The van der Waals surface area contributed by atoms with Crippen molar-refractivity contribution in [3.63, 3.8) is 0 Å². The summed E-state index contributed by atoms with van der Waals surface area (Å²) in [5.41, 5.74) is 0. The lowest BCUT2D eigenvalue weighted by Gasteiger charge is -2.37. The van der Waals surface area contributed by atoms with Crippen LogP contribution in [-0.2, 0) is 4.79 Å². The topological polar surface area (TPSA) is 40.5 Å². The van der Waals surface area contributed by atoms with Gasteiger partial charge in [0.25, 0.3) is 0 Å². The van der Waals surface area contributed by atoms with E-state index in [2.05, 4.69) is 0 Å². The minimum atomic E-state index is -4.20. The molecule has 0 bridgehead atoms. The molecule has 0 amide bonds. The Morgan fingerprint density at radius 1 is 1.29 bits per heavy atom. The van der Waals surface area contributed by atoms with Gasteiger partial charge in [-0.3, -0.25) is 9.69 Å². The first-order valence-corrected chi connectivity index (χ1v) is 5.93. The van der Waals surface area contributed by atoms with Crippen molar-refractivity contribution in [3.05, 3.63) is 0 Å². The normalized spacial score (nSPS) is 29.0. The van der Waals surface area contributed by atoms with Crippen molar-refractivity contribution in [3.8, 4) is 0 Å². The van der Waals surface area contributed by atoms with Gasteiger partial charge in [0.1, 0.15) is 6.04 Å². The summed E-state index contributed by atoms with van der Waals surface area (Å²) in [6, 6.07) is -0.708. The van der Waals surface area contributed by atoms with Crippen molar-refractivity contribution in [2.45, 2.75) is 37.9 Å². The van der Waals surface area contributed by atoms with Crippen LogP contribution in [0.4, 0.5) is 13.2 Å². The highest BCUT2D eigenvalue weighted by Gasteiger charge is 2.47. The number of rotatable bonds is 3. The van der Waals surface area contributed by atoms with Crippen molar-refractivity contribution in [2.24, 2.45) is 11.8 Å². The van der Waals surface area contributed by atoms with E-state index in [1.807, 2.05) is 0 Å². The lowest BCUT2D eigenvalue weighted by molar-refractivity contribution is -0.191. The van der Waals surface area contributed by atoms with E-state index in [0.29, 0.717) is 13.0 Å². The first kappa shape index (κ1) is 12.7. The molecular weight excluding hydrogens is 235 g/mol. The second-order valence-corrected chi connectivity index (χ2v) is 5.00. The number of carboxylic acid groups (broad SMARTS) is 1. The van der Waals surface area contributed by atoms with Crippen molar-refractivity contribution >= 4 is 5.97 Å². The van der Waals surface area contributed by atoms with E-state index >= 15 is 0 Å². The molecule has 1 N–H and O–H groups in total. The maximum absolute atomic E-state index is 12.6. The van der Waals surface area contributed by atoms with Crippen LogP contribution in [-0.4, -0.2) is 41.3 Å². The van der Waals surface area contributed by atoms with E-state index in [1.54, 1.807) is 0 Å². The standard InChI is InChI=1S/C11H16F3NO2/c12-11(13,14)8-2-1-5-15(6-8)9(10(16)17)7-3-4-7/h7-9H,1-6H2,(H,16,17). The second kappa shape index (κ2) is 4.48. The Morgan fingerprint density at radius 3 is 2.41 bits per heavy atom. The van der Waals surface area contributed by atoms with E-state index in [0.717, 1.165) is 12.8 Å². The number of nitrogens with zero attached hydrogens (tertiary/aromatic N) is 1. The van der Waals surface area contributed by atoms with Gasteiger partial charge in [-0.2, -0.15) is 13.2 Å². The fraction of sp³-hybridized carbons (Fsp3) is 0.909. The molecule has 6 heteroatoms. The average molecular weight is 251 g/mol. The fourth-order valence-corrected chi connectivity index (χ4v) is 2.59. The Morgan fingerprint density at radius 2 is 1.94 bits per heavy atom. The monoisotopic (exact) mass is 251 g/mol. The number of carbonyl (C=O) groups is 1. The SMILES string of the molecule is O=C(O)C(C1CC1)N1CCCC(C(F)(F)F)C1. The van der Waals surface area contributed by atoms with Crippen molar-refractivity contribution in [1.82, 2.24) is 4.90 Å². The number of alkyl halides is 3. The number of aliphatic carboxylic acids is 1. The number of carboxylic acids is 1. The highest BCUT2D eigenvalue weighted by molar-refractivity contribution is 5.74. The van der Waals surface area contributed by atoms with E-state index in [9.17, 15) is 18.0 Å². The zero-order valence-corrected chi connectivity index (χ0v) is 9.41. The molecular formula is C11H16F3NO2. The number of likely N-dealkylation sites (tertiary alicyclic amines) is 1. The molecule has 1 aliphatic heterocycles. The first-order chi connectivity index (χ1) is 7.89. The summed E-state index contributed by atoms with van der Waals surface area (Å²) in [6.45, 7) is 0.316. The first-order valence-electron chi connectivity index (χ1n) is 5.93. The molecule has 0 radical (unpaired) electrons. The van der Waals surface area contributed by atoms with Crippen molar-refractivity contribution in [1.29, 1.82) is 0 Å². The van der Waals surface area contributed by atoms with Gasteiger partial charge in [0.15, 0.2) is 0 Å². The van der Waals surface area contributed by atoms with E-state index < -0.39 is 24.1 Å². The van der Waals surface area contributed by atoms with Crippen LogP contribution in [0.3, 0.4) is 0 Å². The lowest BCUT2D eigenvalue weighted by Crippen LogP contribution is -2.50. The third-order valence-electron chi connectivity index (χ3n) is 3.63. The Labute approximate surface area is 97.6 Å². The van der Waals surface area contributed by atoms with Gasteiger partial charge in [0.05, 0.1) is 5.92 Å². The molecule has 1 heterocycles. The molecule has 0 aromatic heterocycles.